The Morgan fingerprint density at radius 2 is 1.74 bits per heavy atom. The maximum absolute atomic E-state index is 12.7. The molecule has 0 saturated carbocycles. The van der Waals surface area contributed by atoms with Crippen LogP contribution < -0.4 is 10.6 Å². The fourth-order valence-corrected chi connectivity index (χ4v) is 4.69. The Bertz CT molecular complexity index is 1070. The van der Waals surface area contributed by atoms with Crippen molar-refractivity contribution in [2.24, 2.45) is 5.92 Å². The molecular weight excluding hydrogens is 414 g/mol. The zero-order valence-corrected chi connectivity index (χ0v) is 18.5. The normalized spacial score (nSPS) is 15.7. The van der Waals surface area contributed by atoms with Gasteiger partial charge in [0, 0.05) is 42.7 Å². The van der Waals surface area contributed by atoms with E-state index in [2.05, 4.69) is 10.6 Å². The molecule has 0 bridgehead atoms. The Balaban J connectivity index is 1.60. The van der Waals surface area contributed by atoms with Crippen molar-refractivity contribution in [2.75, 3.05) is 25.5 Å². The van der Waals surface area contributed by atoms with E-state index < -0.39 is 10.0 Å². The zero-order valence-electron chi connectivity index (χ0n) is 17.7. The van der Waals surface area contributed by atoms with Crippen molar-refractivity contribution in [1.29, 1.82) is 0 Å². The van der Waals surface area contributed by atoms with Gasteiger partial charge in [-0.05, 0) is 49.1 Å². The third kappa shape index (κ3) is 5.80. The lowest BCUT2D eigenvalue weighted by Gasteiger charge is -2.29. The summed E-state index contributed by atoms with van der Waals surface area (Å²) < 4.78 is 26.6. The summed E-state index contributed by atoms with van der Waals surface area (Å²) in [4.78, 5) is 24.6. The van der Waals surface area contributed by atoms with E-state index in [1.807, 2.05) is 37.3 Å². The first-order chi connectivity index (χ1) is 14.8. The van der Waals surface area contributed by atoms with Crippen molar-refractivity contribution in [1.82, 2.24) is 9.62 Å². The van der Waals surface area contributed by atoms with Crippen LogP contribution >= 0.6 is 0 Å². The molecule has 0 unspecified atom stereocenters. The Kier molecular flexibility index (Phi) is 7.25. The van der Waals surface area contributed by atoms with Crippen molar-refractivity contribution in [3.05, 3.63) is 70.6 Å². The Labute approximate surface area is 183 Å². The molecule has 164 valence electrons. The number of benzene rings is 2. The highest BCUT2D eigenvalue weighted by molar-refractivity contribution is 7.92. The summed E-state index contributed by atoms with van der Waals surface area (Å²) in [7, 11) is -1.98. The highest BCUT2D eigenvalue weighted by atomic mass is 32.2. The third-order valence-electron chi connectivity index (χ3n) is 5.40. The maximum Gasteiger partial charge on any atom is 0.251 e. The van der Waals surface area contributed by atoms with Gasteiger partial charge in [-0.2, -0.15) is 4.31 Å². The number of amides is 2. The van der Waals surface area contributed by atoms with Crippen LogP contribution in [0.1, 0.15) is 34.3 Å². The van der Waals surface area contributed by atoms with Crippen molar-refractivity contribution in [2.45, 2.75) is 19.8 Å². The van der Waals surface area contributed by atoms with Crippen LogP contribution in [0.15, 0.2) is 53.9 Å². The highest BCUT2D eigenvalue weighted by Gasteiger charge is 2.30. The van der Waals surface area contributed by atoms with E-state index in [0.717, 1.165) is 11.1 Å². The molecule has 1 saturated heterocycles. The topological polar surface area (TPSA) is 95.6 Å². The molecule has 8 heteroatoms. The number of aryl methyl sites for hydroxylation is 1. The van der Waals surface area contributed by atoms with Crippen LogP contribution in [0.4, 0.5) is 5.69 Å². The first kappa shape index (κ1) is 22.7. The van der Waals surface area contributed by atoms with Gasteiger partial charge in [-0.3, -0.25) is 9.59 Å². The lowest BCUT2D eigenvalue weighted by Crippen LogP contribution is -2.40. The molecule has 31 heavy (non-hydrogen) atoms. The quantitative estimate of drug-likeness (QED) is 0.720. The second-order valence-electron chi connectivity index (χ2n) is 7.53. The zero-order chi connectivity index (χ0) is 22.4. The Morgan fingerprint density at radius 1 is 1.06 bits per heavy atom. The predicted molar refractivity (Wildman–Crippen MR) is 122 cm³/mol. The van der Waals surface area contributed by atoms with Gasteiger partial charge in [0.15, 0.2) is 0 Å². The number of hydrogen-bond acceptors (Lipinski definition) is 4. The number of anilines is 1. The fraction of sp³-hybridized carbons (Fsp3) is 0.304. The summed E-state index contributed by atoms with van der Waals surface area (Å²) in [6.07, 6.45) is 2.47. The fourth-order valence-electron chi connectivity index (χ4n) is 3.46. The summed E-state index contributed by atoms with van der Waals surface area (Å²) in [5.74, 6) is -0.667. The van der Waals surface area contributed by atoms with E-state index in [-0.39, 0.29) is 30.8 Å². The van der Waals surface area contributed by atoms with Crippen LogP contribution in [0.25, 0.3) is 6.08 Å². The third-order valence-corrected chi connectivity index (χ3v) is 6.97. The number of nitrogens with zero attached hydrogens (tertiary/aromatic N) is 1. The van der Waals surface area contributed by atoms with Crippen molar-refractivity contribution in [3.63, 3.8) is 0 Å². The minimum atomic E-state index is -3.54. The number of carbonyl (C=O) groups excluding carboxylic acids is 2. The molecule has 1 aliphatic heterocycles. The van der Waals surface area contributed by atoms with Crippen LogP contribution in [0, 0.1) is 12.8 Å². The molecule has 1 aliphatic rings. The lowest BCUT2D eigenvalue weighted by atomic mass is 9.97. The minimum absolute atomic E-state index is 0.158. The Hall–Kier alpha value is -2.97. The second kappa shape index (κ2) is 9.89. The van der Waals surface area contributed by atoms with E-state index in [4.69, 9.17) is 0 Å². The molecule has 2 aromatic rings. The summed E-state index contributed by atoms with van der Waals surface area (Å²) in [5, 5.41) is 6.68. The number of carbonyl (C=O) groups is 2. The molecule has 2 amide bonds. The predicted octanol–water partition coefficient (Wildman–Crippen LogP) is 3.01. The number of rotatable bonds is 6. The molecule has 0 radical (unpaired) electrons. The van der Waals surface area contributed by atoms with Gasteiger partial charge in [-0.15, -0.1) is 0 Å². The van der Waals surface area contributed by atoms with Gasteiger partial charge < -0.3 is 10.6 Å². The number of piperidine rings is 1. The molecule has 2 N–H and O–H groups in total. The summed E-state index contributed by atoms with van der Waals surface area (Å²) in [6, 6.07) is 14.4. The summed E-state index contributed by atoms with van der Waals surface area (Å²) in [5.41, 5.74) is 2.73. The monoisotopic (exact) mass is 441 g/mol. The number of hydrogen-bond donors (Lipinski definition) is 2. The van der Waals surface area contributed by atoms with Gasteiger partial charge in [-0.25, -0.2) is 8.42 Å². The van der Waals surface area contributed by atoms with E-state index >= 15 is 0 Å². The van der Waals surface area contributed by atoms with E-state index in [9.17, 15) is 18.0 Å². The average Bonchev–Trinajstić information content (AvgIpc) is 2.79. The highest BCUT2D eigenvalue weighted by Crippen LogP contribution is 2.24. The van der Waals surface area contributed by atoms with Crippen LogP contribution in [-0.4, -0.2) is 44.7 Å². The number of nitrogens with one attached hydrogen (secondary N) is 2. The van der Waals surface area contributed by atoms with Gasteiger partial charge in [0.1, 0.15) is 0 Å². The van der Waals surface area contributed by atoms with Gasteiger partial charge >= 0.3 is 0 Å². The van der Waals surface area contributed by atoms with Crippen molar-refractivity contribution in [3.8, 4) is 0 Å². The molecule has 3 rings (SSSR count). The molecule has 1 fully saturated rings. The molecule has 0 atom stereocenters. The summed E-state index contributed by atoms with van der Waals surface area (Å²) in [6.45, 7) is 2.44. The van der Waals surface area contributed by atoms with Crippen molar-refractivity contribution >= 4 is 33.6 Å². The average molecular weight is 442 g/mol. The summed E-state index contributed by atoms with van der Waals surface area (Å²) >= 11 is 0. The van der Waals surface area contributed by atoms with Gasteiger partial charge in [0.25, 0.3) is 5.91 Å². The molecule has 0 spiro atoms. The smallest absolute Gasteiger partial charge is 0.251 e. The largest absolute Gasteiger partial charge is 0.355 e. The Morgan fingerprint density at radius 3 is 2.39 bits per heavy atom. The van der Waals surface area contributed by atoms with Crippen LogP contribution in [0.2, 0.25) is 0 Å². The second-order valence-corrected chi connectivity index (χ2v) is 9.35. The SMILES string of the molecule is CNC(=O)c1ccc(C)c(NC(=O)C2CCN(S(=O)(=O)/C=C/c3ccccc3)CC2)c1. The molecule has 0 aliphatic carbocycles. The van der Waals surface area contributed by atoms with E-state index in [1.165, 1.54) is 9.71 Å². The van der Waals surface area contributed by atoms with Crippen LogP contribution in [0.3, 0.4) is 0 Å². The maximum atomic E-state index is 12.7. The number of sulfonamides is 1. The minimum Gasteiger partial charge on any atom is -0.355 e. The first-order valence-electron chi connectivity index (χ1n) is 10.2. The van der Waals surface area contributed by atoms with Gasteiger partial charge in [-0.1, -0.05) is 36.4 Å². The van der Waals surface area contributed by atoms with Crippen LogP contribution in [-0.2, 0) is 14.8 Å². The lowest BCUT2D eigenvalue weighted by molar-refractivity contribution is -0.120. The molecule has 1 heterocycles. The van der Waals surface area contributed by atoms with Crippen LogP contribution in [0.5, 0.6) is 0 Å². The molecular formula is C23H27N3O4S. The standard InChI is InChI=1S/C23H27N3O4S/c1-17-8-9-20(22(27)24-2)16-21(17)25-23(28)19-10-13-26(14-11-19)31(29,30)15-12-18-6-4-3-5-7-18/h3-9,12,15-16,19H,10-11,13-14H2,1-2H3,(H,24,27)(H,25,28)/b15-12+. The van der Waals surface area contributed by atoms with E-state index in [0.29, 0.717) is 24.1 Å². The first-order valence-corrected chi connectivity index (χ1v) is 11.7. The molecule has 2 aromatic carbocycles. The van der Waals surface area contributed by atoms with Gasteiger partial charge in [0.2, 0.25) is 15.9 Å². The molecule has 0 aromatic heterocycles. The van der Waals surface area contributed by atoms with Gasteiger partial charge in [0.05, 0.1) is 0 Å². The van der Waals surface area contributed by atoms with Crippen molar-refractivity contribution < 1.29 is 18.0 Å². The molecule has 7 nitrogen and oxygen atoms in total. The van der Waals surface area contributed by atoms with E-state index in [1.54, 1.807) is 31.3 Å².